The molecule has 4 aromatic carbocycles. The molecule has 2 N–H and O–H groups in total. The van der Waals surface area contributed by atoms with Crippen molar-refractivity contribution in [3.8, 4) is 22.8 Å². The summed E-state index contributed by atoms with van der Waals surface area (Å²) < 4.78 is 56.6. The third-order valence-electron chi connectivity index (χ3n) is 6.42. The largest absolute Gasteiger partial charge is 0.457 e. The monoisotopic (exact) mass is 600 g/mol. The zero-order valence-corrected chi connectivity index (χ0v) is 23.2. The fourth-order valence-corrected chi connectivity index (χ4v) is 4.21. The number of benzene rings is 4. The van der Waals surface area contributed by atoms with Crippen molar-refractivity contribution in [1.29, 1.82) is 0 Å². The molecule has 0 aliphatic rings. The van der Waals surface area contributed by atoms with Crippen LogP contribution in [0.4, 0.5) is 18.9 Å². The molecule has 1 unspecified atom stereocenters. The minimum atomic E-state index is -4.53. The number of rotatable bonds is 11. The second kappa shape index (κ2) is 13.7. The molecule has 224 valence electrons. The Kier molecular flexibility index (Phi) is 9.41. The Labute approximate surface area is 251 Å². The first kappa shape index (κ1) is 30.1. The van der Waals surface area contributed by atoms with E-state index in [-0.39, 0.29) is 30.3 Å². The summed E-state index contributed by atoms with van der Waals surface area (Å²) in [6, 6.07) is 31.4. The number of alkyl halides is 3. The Bertz CT molecular complexity index is 1690. The van der Waals surface area contributed by atoms with Gasteiger partial charge in [0.25, 0.3) is 5.91 Å². The molecule has 1 aromatic heterocycles. The predicted molar refractivity (Wildman–Crippen MR) is 158 cm³/mol. The maximum Gasteiger partial charge on any atom is 0.416 e. The van der Waals surface area contributed by atoms with E-state index in [0.29, 0.717) is 17.2 Å². The van der Waals surface area contributed by atoms with E-state index in [2.05, 4.69) is 10.6 Å². The summed E-state index contributed by atoms with van der Waals surface area (Å²) in [6.07, 6.45) is -4.53. The summed E-state index contributed by atoms with van der Waals surface area (Å²) in [5.41, 5.74) is 0.648. The van der Waals surface area contributed by atoms with Crippen molar-refractivity contribution < 1.29 is 36.7 Å². The minimum Gasteiger partial charge on any atom is -0.457 e. The molecule has 1 heterocycles. The van der Waals surface area contributed by atoms with Crippen LogP contribution in [0.1, 0.15) is 21.7 Å². The van der Waals surface area contributed by atoms with Gasteiger partial charge in [-0.3, -0.25) is 9.59 Å². The van der Waals surface area contributed by atoms with Gasteiger partial charge in [0.15, 0.2) is 5.76 Å². The number of para-hydroxylation sites is 1. The van der Waals surface area contributed by atoms with E-state index in [1.807, 2.05) is 60.7 Å². The highest BCUT2D eigenvalue weighted by molar-refractivity contribution is 6.00. The van der Waals surface area contributed by atoms with Crippen LogP contribution in [0, 0.1) is 0 Å². The second-order valence-corrected chi connectivity index (χ2v) is 9.70. The predicted octanol–water partition coefficient (Wildman–Crippen LogP) is 7.71. The number of amides is 2. The van der Waals surface area contributed by atoms with Crippen molar-refractivity contribution in [2.24, 2.45) is 0 Å². The third-order valence-corrected chi connectivity index (χ3v) is 6.42. The van der Waals surface area contributed by atoms with Crippen LogP contribution in [-0.4, -0.2) is 24.5 Å². The van der Waals surface area contributed by atoms with E-state index < -0.39 is 29.6 Å². The average molecular weight is 601 g/mol. The Balaban J connectivity index is 1.27. The number of hydrogen-bond donors (Lipinski definition) is 2. The number of carbonyl (C=O) groups is 2. The zero-order valence-electron chi connectivity index (χ0n) is 23.2. The second-order valence-electron chi connectivity index (χ2n) is 9.70. The number of anilines is 1. The van der Waals surface area contributed by atoms with Gasteiger partial charge in [0.1, 0.15) is 23.3 Å². The van der Waals surface area contributed by atoms with E-state index >= 15 is 0 Å². The lowest BCUT2D eigenvalue weighted by Crippen LogP contribution is -2.46. The maximum absolute atomic E-state index is 13.3. The molecule has 10 heteroatoms. The molecule has 0 fully saturated rings. The van der Waals surface area contributed by atoms with Crippen molar-refractivity contribution in [2.75, 3.05) is 11.9 Å². The molecule has 0 aliphatic heterocycles. The number of furan rings is 1. The molecule has 0 saturated carbocycles. The van der Waals surface area contributed by atoms with Gasteiger partial charge in [0, 0.05) is 11.3 Å². The van der Waals surface area contributed by atoms with E-state index in [9.17, 15) is 22.8 Å². The van der Waals surface area contributed by atoms with Crippen LogP contribution in [-0.2, 0) is 22.3 Å². The van der Waals surface area contributed by atoms with Crippen molar-refractivity contribution in [1.82, 2.24) is 5.32 Å². The summed E-state index contributed by atoms with van der Waals surface area (Å²) in [6.45, 7) is 0.0370. The van der Waals surface area contributed by atoms with E-state index in [0.717, 1.165) is 17.7 Å². The van der Waals surface area contributed by atoms with Gasteiger partial charge < -0.3 is 24.5 Å². The minimum absolute atomic E-state index is 0.0698. The van der Waals surface area contributed by atoms with Crippen LogP contribution in [0.3, 0.4) is 0 Å². The van der Waals surface area contributed by atoms with Crippen LogP contribution in [0.15, 0.2) is 126 Å². The number of ether oxygens (including phenoxy) is 2. The molecule has 0 radical (unpaired) electrons. The first-order chi connectivity index (χ1) is 21.2. The highest BCUT2D eigenvalue weighted by atomic mass is 19.4. The molecule has 44 heavy (non-hydrogen) atoms. The molecule has 5 aromatic rings. The highest BCUT2D eigenvalue weighted by Crippen LogP contribution is 2.32. The number of halogens is 3. The van der Waals surface area contributed by atoms with Gasteiger partial charge in [-0.25, -0.2) is 0 Å². The normalized spacial score (nSPS) is 11.9. The maximum atomic E-state index is 13.3. The SMILES string of the molecule is O=C(NC(COCc1ccccc1)C(=O)Nc1ccc(Oc2ccccc2)cc1)c1ccc(-c2cccc(C(F)(F)F)c2)o1. The third kappa shape index (κ3) is 8.14. The molecule has 0 spiro atoms. The molecular weight excluding hydrogens is 573 g/mol. The van der Waals surface area contributed by atoms with Crippen LogP contribution in [0.2, 0.25) is 0 Å². The van der Waals surface area contributed by atoms with Crippen molar-refractivity contribution in [2.45, 2.75) is 18.8 Å². The zero-order chi connectivity index (χ0) is 30.9. The van der Waals surface area contributed by atoms with Gasteiger partial charge in [0.2, 0.25) is 5.91 Å². The topological polar surface area (TPSA) is 89.8 Å². The number of carbonyl (C=O) groups excluding carboxylic acids is 2. The lowest BCUT2D eigenvalue weighted by molar-refractivity contribution is -0.137. The van der Waals surface area contributed by atoms with E-state index in [4.69, 9.17) is 13.9 Å². The van der Waals surface area contributed by atoms with E-state index in [1.54, 1.807) is 24.3 Å². The summed E-state index contributed by atoms with van der Waals surface area (Å²) in [5.74, 6) is -0.163. The van der Waals surface area contributed by atoms with Crippen LogP contribution >= 0.6 is 0 Å². The fourth-order valence-electron chi connectivity index (χ4n) is 4.21. The average Bonchev–Trinajstić information content (AvgIpc) is 3.53. The van der Waals surface area contributed by atoms with Crippen molar-refractivity contribution >= 4 is 17.5 Å². The van der Waals surface area contributed by atoms with Crippen molar-refractivity contribution in [3.05, 3.63) is 138 Å². The molecule has 7 nitrogen and oxygen atoms in total. The van der Waals surface area contributed by atoms with Gasteiger partial charge in [-0.15, -0.1) is 0 Å². The lowest BCUT2D eigenvalue weighted by atomic mass is 10.1. The van der Waals surface area contributed by atoms with E-state index in [1.165, 1.54) is 24.3 Å². The first-order valence-electron chi connectivity index (χ1n) is 13.6. The van der Waals surface area contributed by atoms with Gasteiger partial charge in [-0.05, 0) is 66.2 Å². The first-order valence-corrected chi connectivity index (χ1v) is 13.6. The Morgan fingerprint density at radius 3 is 2.16 bits per heavy atom. The standard InChI is InChI=1S/C34H27F3N2O5/c35-34(36,37)25-11-7-10-24(20-25)30-18-19-31(44-30)33(41)39-29(22-42-21-23-8-3-1-4-9-23)32(40)38-26-14-16-28(17-15-26)43-27-12-5-2-6-13-27/h1-20,29H,21-22H2,(H,38,40)(H,39,41). The molecular formula is C34H27F3N2O5. The number of hydrogen-bond acceptors (Lipinski definition) is 5. The van der Waals surface area contributed by atoms with Crippen LogP contribution in [0.25, 0.3) is 11.3 Å². The van der Waals surface area contributed by atoms with Gasteiger partial charge in [-0.1, -0.05) is 60.7 Å². The summed E-state index contributed by atoms with van der Waals surface area (Å²) in [4.78, 5) is 26.4. The number of nitrogens with one attached hydrogen (secondary N) is 2. The van der Waals surface area contributed by atoms with Gasteiger partial charge in [-0.2, -0.15) is 13.2 Å². The van der Waals surface area contributed by atoms with Gasteiger partial charge in [0.05, 0.1) is 18.8 Å². The highest BCUT2D eigenvalue weighted by Gasteiger charge is 2.31. The molecule has 2 amide bonds. The molecule has 5 rings (SSSR count). The summed E-state index contributed by atoms with van der Waals surface area (Å²) >= 11 is 0. The quantitative estimate of drug-likeness (QED) is 0.162. The van der Waals surface area contributed by atoms with Gasteiger partial charge >= 0.3 is 6.18 Å². The molecule has 0 aliphatic carbocycles. The molecule has 1 atom stereocenters. The Hall–Kier alpha value is -5.35. The lowest BCUT2D eigenvalue weighted by Gasteiger charge is -2.18. The Morgan fingerprint density at radius 2 is 1.45 bits per heavy atom. The molecule has 0 saturated heterocycles. The smallest absolute Gasteiger partial charge is 0.416 e. The van der Waals surface area contributed by atoms with Crippen LogP contribution in [0.5, 0.6) is 11.5 Å². The fraction of sp³-hybridized carbons (Fsp3) is 0.118. The summed E-state index contributed by atoms with van der Waals surface area (Å²) in [7, 11) is 0. The van der Waals surface area contributed by atoms with Crippen molar-refractivity contribution in [3.63, 3.8) is 0 Å². The summed E-state index contributed by atoms with van der Waals surface area (Å²) in [5, 5.41) is 5.37. The molecule has 0 bridgehead atoms. The van der Waals surface area contributed by atoms with Crippen LogP contribution < -0.4 is 15.4 Å². The Morgan fingerprint density at radius 1 is 0.773 bits per heavy atom.